The maximum Gasteiger partial charge on any atom is 0.280 e. The van der Waals surface area contributed by atoms with Crippen molar-refractivity contribution in [3.8, 4) is 5.75 Å². The first-order valence-corrected chi connectivity index (χ1v) is 5.90. The molecule has 2 heterocycles. The van der Waals surface area contributed by atoms with Gasteiger partial charge in [0.1, 0.15) is 11.4 Å². The van der Waals surface area contributed by atoms with E-state index in [2.05, 4.69) is 4.98 Å². The molecule has 0 atom stereocenters. The molecule has 0 bridgehead atoms. The van der Waals surface area contributed by atoms with Gasteiger partial charge in [-0.25, -0.2) is 0 Å². The van der Waals surface area contributed by atoms with Crippen LogP contribution in [0, 0.1) is 0 Å². The molecule has 0 aliphatic heterocycles. The van der Waals surface area contributed by atoms with Crippen molar-refractivity contribution < 1.29 is 9.53 Å². The number of ether oxygens (including phenoxy) is 1. The van der Waals surface area contributed by atoms with Crippen molar-refractivity contribution in [3.05, 3.63) is 60.6 Å². The summed E-state index contributed by atoms with van der Waals surface area (Å²) in [7, 11) is 1.62. The number of carbonyl (C=O) groups excluding carboxylic acids is 1. The SMILES string of the molecule is COc1ccc2c(ccn2C(=O)c2ccccn2)c1. The van der Waals surface area contributed by atoms with Crippen LogP contribution >= 0.6 is 0 Å². The second kappa shape index (κ2) is 4.57. The Morgan fingerprint density at radius 2 is 2.11 bits per heavy atom. The third-order valence-corrected chi connectivity index (χ3v) is 3.00. The van der Waals surface area contributed by atoms with Crippen LogP contribution in [0.15, 0.2) is 54.9 Å². The highest BCUT2D eigenvalue weighted by molar-refractivity contribution is 6.01. The molecule has 0 unspecified atom stereocenters. The van der Waals surface area contributed by atoms with Crippen LogP contribution in [0.4, 0.5) is 0 Å². The van der Waals surface area contributed by atoms with Crippen LogP contribution in [0.1, 0.15) is 10.5 Å². The Morgan fingerprint density at radius 1 is 1.21 bits per heavy atom. The Hall–Kier alpha value is -2.62. The van der Waals surface area contributed by atoms with E-state index in [4.69, 9.17) is 4.74 Å². The van der Waals surface area contributed by atoms with E-state index < -0.39 is 0 Å². The fourth-order valence-electron chi connectivity index (χ4n) is 2.04. The van der Waals surface area contributed by atoms with E-state index in [0.29, 0.717) is 5.69 Å². The molecule has 0 spiro atoms. The largest absolute Gasteiger partial charge is 0.497 e. The number of hydrogen-bond donors (Lipinski definition) is 0. The van der Waals surface area contributed by atoms with Gasteiger partial charge in [0.05, 0.1) is 12.6 Å². The minimum absolute atomic E-state index is 0.138. The maximum absolute atomic E-state index is 12.3. The Balaban J connectivity index is 2.09. The van der Waals surface area contributed by atoms with Gasteiger partial charge in [-0.15, -0.1) is 0 Å². The molecule has 0 fully saturated rings. The predicted molar refractivity (Wildman–Crippen MR) is 72.5 cm³/mol. The summed E-state index contributed by atoms with van der Waals surface area (Å²) in [4.78, 5) is 16.4. The summed E-state index contributed by atoms with van der Waals surface area (Å²) in [6.45, 7) is 0. The second-order valence-electron chi connectivity index (χ2n) is 4.13. The highest BCUT2D eigenvalue weighted by Crippen LogP contribution is 2.22. The van der Waals surface area contributed by atoms with Crippen LogP contribution in [0.3, 0.4) is 0 Å². The van der Waals surface area contributed by atoms with Crippen molar-refractivity contribution in [3.63, 3.8) is 0 Å². The minimum Gasteiger partial charge on any atom is -0.497 e. The van der Waals surface area contributed by atoms with Crippen molar-refractivity contribution in [2.24, 2.45) is 0 Å². The van der Waals surface area contributed by atoms with Crippen LogP contribution in [0.25, 0.3) is 10.9 Å². The predicted octanol–water partition coefficient (Wildman–Crippen LogP) is 2.73. The molecule has 0 saturated heterocycles. The lowest BCUT2D eigenvalue weighted by molar-refractivity contribution is 0.0960. The van der Waals surface area contributed by atoms with Crippen LogP contribution in [-0.4, -0.2) is 22.6 Å². The zero-order chi connectivity index (χ0) is 13.2. The number of pyridine rings is 1. The number of fused-ring (bicyclic) bond motifs is 1. The zero-order valence-electron chi connectivity index (χ0n) is 10.4. The average Bonchev–Trinajstić information content (AvgIpc) is 2.90. The summed E-state index contributed by atoms with van der Waals surface area (Å²) in [6.07, 6.45) is 3.36. The number of benzene rings is 1. The molecular formula is C15H12N2O2. The van der Waals surface area contributed by atoms with Crippen molar-refractivity contribution in [2.45, 2.75) is 0 Å². The van der Waals surface area contributed by atoms with Crippen molar-refractivity contribution in [2.75, 3.05) is 7.11 Å². The van der Waals surface area contributed by atoms with E-state index in [0.717, 1.165) is 16.7 Å². The molecule has 3 aromatic rings. The molecule has 19 heavy (non-hydrogen) atoms. The molecule has 2 aromatic heterocycles. The van der Waals surface area contributed by atoms with Gasteiger partial charge in [-0.1, -0.05) is 6.07 Å². The molecule has 4 nitrogen and oxygen atoms in total. The van der Waals surface area contributed by atoms with Crippen molar-refractivity contribution in [1.82, 2.24) is 9.55 Å². The Bertz CT molecular complexity index is 732. The van der Waals surface area contributed by atoms with Crippen LogP contribution < -0.4 is 4.74 Å². The van der Waals surface area contributed by atoms with Crippen molar-refractivity contribution in [1.29, 1.82) is 0 Å². The van der Waals surface area contributed by atoms with Gasteiger partial charge in [-0.3, -0.25) is 14.3 Å². The lowest BCUT2D eigenvalue weighted by Gasteiger charge is -2.04. The minimum atomic E-state index is -0.138. The molecule has 3 rings (SSSR count). The van der Waals surface area contributed by atoms with E-state index in [1.54, 1.807) is 42.3 Å². The topological polar surface area (TPSA) is 44.1 Å². The average molecular weight is 252 g/mol. The molecule has 94 valence electrons. The fourth-order valence-corrected chi connectivity index (χ4v) is 2.04. The lowest BCUT2D eigenvalue weighted by Crippen LogP contribution is -2.11. The smallest absolute Gasteiger partial charge is 0.280 e. The summed E-state index contributed by atoms with van der Waals surface area (Å²) in [6, 6.07) is 12.8. The standard InChI is InChI=1S/C15H12N2O2/c1-19-12-5-6-14-11(10-12)7-9-17(14)15(18)13-4-2-3-8-16-13/h2-10H,1H3. The molecule has 0 radical (unpaired) electrons. The number of aromatic nitrogens is 2. The summed E-state index contributed by atoms with van der Waals surface area (Å²) in [5.74, 6) is 0.635. The normalized spacial score (nSPS) is 10.6. The van der Waals surface area contributed by atoms with E-state index in [9.17, 15) is 4.79 Å². The number of methoxy groups -OCH3 is 1. The fraction of sp³-hybridized carbons (Fsp3) is 0.0667. The first-order valence-electron chi connectivity index (χ1n) is 5.90. The Kier molecular flexibility index (Phi) is 2.76. The zero-order valence-corrected chi connectivity index (χ0v) is 10.4. The molecule has 0 aliphatic carbocycles. The molecule has 0 aliphatic rings. The van der Waals surface area contributed by atoms with Gasteiger partial charge >= 0.3 is 0 Å². The van der Waals surface area contributed by atoms with E-state index in [-0.39, 0.29) is 5.91 Å². The number of hydrogen-bond acceptors (Lipinski definition) is 3. The summed E-state index contributed by atoms with van der Waals surface area (Å²) >= 11 is 0. The highest BCUT2D eigenvalue weighted by Gasteiger charge is 2.12. The summed E-state index contributed by atoms with van der Waals surface area (Å²) in [5.41, 5.74) is 1.27. The number of rotatable bonds is 2. The molecule has 1 aromatic carbocycles. The summed E-state index contributed by atoms with van der Waals surface area (Å²) in [5, 5.41) is 0.962. The molecular weight excluding hydrogens is 240 g/mol. The molecule has 0 amide bonds. The van der Waals surface area contributed by atoms with E-state index in [1.165, 1.54) is 0 Å². The first-order chi connectivity index (χ1) is 9.29. The quantitative estimate of drug-likeness (QED) is 0.704. The van der Waals surface area contributed by atoms with Crippen LogP contribution in [0.5, 0.6) is 5.75 Å². The third kappa shape index (κ3) is 1.97. The van der Waals surface area contributed by atoms with Crippen LogP contribution in [0.2, 0.25) is 0 Å². The van der Waals surface area contributed by atoms with Gasteiger partial charge in [-0.05, 0) is 36.4 Å². The molecule has 0 N–H and O–H groups in total. The van der Waals surface area contributed by atoms with Gasteiger partial charge in [0, 0.05) is 17.8 Å². The number of nitrogens with zero attached hydrogens (tertiary/aromatic N) is 2. The van der Waals surface area contributed by atoms with E-state index >= 15 is 0 Å². The Labute approximate surface area is 110 Å². The van der Waals surface area contributed by atoms with Gasteiger partial charge in [-0.2, -0.15) is 0 Å². The molecule has 4 heteroatoms. The van der Waals surface area contributed by atoms with Gasteiger partial charge < -0.3 is 4.74 Å². The Morgan fingerprint density at radius 3 is 2.84 bits per heavy atom. The van der Waals surface area contributed by atoms with Crippen molar-refractivity contribution >= 4 is 16.8 Å². The monoisotopic (exact) mass is 252 g/mol. The maximum atomic E-state index is 12.3. The van der Waals surface area contributed by atoms with Gasteiger partial charge in [0.2, 0.25) is 0 Å². The van der Waals surface area contributed by atoms with Crippen LogP contribution in [-0.2, 0) is 0 Å². The molecule has 0 saturated carbocycles. The van der Waals surface area contributed by atoms with Gasteiger partial charge in [0.15, 0.2) is 0 Å². The first kappa shape index (κ1) is 11.5. The lowest BCUT2D eigenvalue weighted by atomic mass is 10.2. The summed E-state index contributed by atoms with van der Waals surface area (Å²) < 4.78 is 6.76. The van der Waals surface area contributed by atoms with Gasteiger partial charge in [0.25, 0.3) is 5.91 Å². The van der Waals surface area contributed by atoms with E-state index in [1.807, 2.05) is 24.3 Å². The highest BCUT2D eigenvalue weighted by atomic mass is 16.5. The second-order valence-corrected chi connectivity index (χ2v) is 4.13. The number of carbonyl (C=O) groups is 1. The third-order valence-electron chi connectivity index (χ3n) is 3.00.